The van der Waals surface area contributed by atoms with Gasteiger partial charge in [0.2, 0.25) is 5.95 Å². The summed E-state index contributed by atoms with van der Waals surface area (Å²) in [5.74, 6) is 1.73. The van der Waals surface area contributed by atoms with E-state index in [-0.39, 0.29) is 0 Å². The van der Waals surface area contributed by atoms with Crippen molar-refractivity contribution in [1.29, 1.82) is 0 Å². The van der Waals surface area contributed by atoms with Crippen LogP contribution in [0.3, 0.4) is 0 Å². The molecule has 2 N–H and O–H groups in total. The molecule has 0 saturated heterocycles. The van der Waals surface area contributed by atoms with Gasteiger partial charge in [-0.05, 0) is 6.92 Å². The molecule has 0 unspecified atom stereocenters. The predicted molar refractivity (Wildman–Crippen MR) is 46.7 cm³/mol. The van der Waals surface area contributed by atoms with Crippen LogP contribution in [-0.2, 0) is 4.43 Å². The van der Waals surface area contributed by atoms with Crippen LogP contribution in [0, 0.1) is 6.92 Å². The molecule has 0 aliphatic carbocycles. The summed E-state index contributed by atoms with van der Waals surface area (Å²) in [7, 11) is 0. The Morgan fingerprint density at radius 1 is 1.40 bits per heavy atom. The third kappa shape index (κ3) is 1.76. The molecular formula is C5H7IN4. The van der Waals surface area contributed by atoms with Crippen molar-refractivity contribution in [2.45, 2.75) is 11.4 Å². The molecule has 0 spiro atoms. The predicted octanol–water partition coefficient (Wildman–Crippen LogP) is 0.697. The Kier molecular flexibility index (Phi) is 2.36. The number of rotatable bonds is 1. The van der Waals surface area contributed by atoms with Gasteiger partial charge in [0.25, 0.3) is 0 Å². The highest BCUT2D eigenvalue weighted by Gasteiger charge is 1.96. The lowest BCUT2D eigenvalue weighted by atomic mass is 10.6. The Hall–Kier alpha value is -0.460. The summed E-state index contributed by atoms with van der Waals surface area (Å²) in [6.45, 7) is 1.80. The van der Waals surface area contributed by atoms with Gasteiger partial charge in [-0.3, -0.25) is 0 Å². The summed E-state index contributed by atoms with van der Waals surface area (Å²) in [5, 5.41) is 0. The fourth-order valence-corrected chi connectivity index (χ4v) is 0.961. The van der Waals surface area contributed by atoms with Crippen molar-refractivity contribution < 1.29 is 0 Å². The standard InChI is InChI=1S/C5H7IN4/c1-3-8-4(2-6)10-5(7)9-3/h2H2,1H3,(H2,7,8,9,10). The lowest BCUT2D eigenvalue weighted by Crippen LogP contribution is -2.02. The SMILES string of the molecule is Cc1nc(N)nc(CI)n1. The number of anilines is 1. The van der Waals surface area contributed by atoms with E-state index < -0.39 is 0 Å². The van der Waals surface area contributed by atoms with E-state index >= 15 is 0 Å². The van der Waals surface area contributed by atoms with Gasteiger partial charge < -0.3 is 5.73 Å². The average Bonchev–Trinajstić information content (AvgIpc) is 1.85. The van der Waals surface area contributed by atoms with Gasteiger partial charge in [0.05, 0.1) is 4.43 Å². The van der Waals surface area contributed by atoms with E-state index in [1.165, 1.54) is 0 Å². The molecular weight excluding hydrogens is 243 g/mol. The average molecular weight is 250 g/mol. The zero-order chi connectivity index (χ0) is 7.56. The fraction of sp³-hybridized carbons (Fsp3) is 0.400. The summed E-state index contributed by atoms with van der Waals surface area (Å²) >= 11 is 2.18. The highest BCUT2D eigenvalue weighted by atomic mass is 127. The van der Waals surface area contributed by atoms with Crippen LogP contribution in [0.1, 0.15) is 11.6 Å². The van der Waals surface area contributed by atoms with Crippen molar-refractivity contribution in [3.05, 3.63) is 11.6 Å². The second-order valence-corrected chi connectivity index (χ2v) is 2.55. The Balaban J connectivity index is 3.06. The molecule has 0 fully saturated rings. The fourth-order valence-electron chi connectivity index (χ4n) is 0.620. The van der Waals surface area contributed by atoms with Gasteiger partial charge >= 0.3 is 0 Å². The van der Waals surface area contributed by atoms with Crippen molar-refractivity contribution in [2.75, 3.05) is 5.73 Å². The van der Waals surface area contributed by atoms with Crippen LogP contribution >= 0.6 is 22.6 Å². The smallest absolute Gasteiger partial charge is 0.223 e. The van der Waals surface area contributed by atoms with Crippen molar-refractivity contribution in [1.82, 2.24) is 15.0 Å². The van der Waals surface area contributed by atoms with Gasteiger partial charge in [0, 0.05) is 0 Å². The molecule has 0 radical (unpaired) electrons. The number of aryl methyl sites for hydroxylation is 1. The number of nitrogens with two attached hydrogens (primary N) is 1. The van der Waals surface area contributed by atoms with E-state index in [4.69, 9.17) is 5.73 Å². The minimum absolute atomic E-state index is 0.305. The molecule has 0 bridgehead atoms. The first-order chi connectivity index (χ1) is 4.72. The van der Waals surface area contributed by atoms with E-state index in [0.29, 0.717) is 11.8 Å². The summed E-state index contributed by atoms with van der Waals surface area (Å²) in [6.07, 6.45) is 0. The van der Waals surface area contributed by atoms with Crippen LogP contribution in [0.5, 0.6) is 0 Å². The minimum Gasteiger partial charge on any atom is -0.368 e. The number of nitrogen functional groups attached to an aromatic ring is 1. The molecule has 0 amide bonds. The lowest BCUT2D eigenvalue weighted by Gasteiger charge is -1.96. The molecule has 1 aromatic heterocycles. The first kappa shape index (κ1) is 7.64. The van der Waals surface area contributed by atoms with E-state index in [2.05, 4.69) is 37.5 Å². The van der Waals surface area contributed by atoms with Gasteiger partial charge in [-0.15, -0.1) is 0 Å². The van der Waals surface area contributed by atoms with Crippen molar-refractivity contribution in [3.63, 3.8) is 0 Å². The molecule has 5 heteroatoms. The molecule has 0 aliphatic heterocycles. The molecule has 10 heavy (non-hydrogen) atoms. The molecule has 1 aromatic rings. The maximum absolute atomic E-state index is 5.37. The van der Waals surface area contributed by atoms with E-state index in [0.717, 1.165) is 10.3 Å². The van der Waals surface area contributed by atoms with Crippen LogP contribution < -0.4 is 5.73 Å². The first-order valence-corrected chi connectivity index (χ1v) is 4.28. The molecule has 1 heterocycles. The van der Waals surface area contributed by atoms with E-state index in [1.807, 2.05) is 0 Å². The normalized spacial score (nSPS) is 9.80. The molecule has 0 saturated carbocycles. The number of hydrogen-bond acceptors (Lipinski definition) is 4. The Morgan fingerprint density at radius 3 is 2.60 bits per heavy atom. The molecule has 0 aliphatic rings. The van der Waals surface area contributed by atoms with Gasteiger partial charge in [-0.2, -0.15) is 9.97 Å². The maximum atomic E-state index is 5.37. The van der Waals surface area contributed by atoms with Gasteiger partial charge in [0.1, 0.15) is 11.6 Å². The Morgan fingerprint density at radius 2 is 2.10 bits per heavy atom. The number of nitrogens with zero attached hydrogens (tertiary/aromatic N) is 3. The highest BCUT2D eigenvalue weighted by molar-refractivity contribution is 14.1. The third-order valence-electron chi connectivity index (χ3n) is 0.930. The molecule has 0 aromatic carbocycles. The van der Waals surface area contributed by atoms with Crippen LogP contribution in [0.25, 0.3) is 0 Å². The molecule has 54 valence electrons. The van der Waals surface area contributed by atoms with E-state index in [9.17, 15) is 0 Å². The maximum Gasteiger partial charge on any atom is 0.223 e. The minimum atomic E-state index is 0.305. The number of alkyl halides is 1. The van der Waals surface area contributed by atoms with E-state index in [1.54, 1.807) is 6.92 Å². The summed E-state index contributed by atoms with van der Waals surface area (Å²) in [5.41, 5.74) is 5.37. The van der Waals surface area contributed by atoms with Gasteiger partial charge in [-0.1, -0.05) is 22.6 Å². The Bertz CT molecular complexity index is 217. The summed E-state index contributed by atoms with van der Waals surface area (Å²) in [6, 6.07) is 0. The van der Waals surface area contributed by atoms with Crippen LogP contribution in [-0.4, -0.2) is 15.0 Å². The number of aromatic nitrogens is 3. The highest BCUT2D eigenvalue weighted by Crippen LogP contribution is 2.00. The van der Waals surface area contributed by atoms with Crippen LogP contribution in [0.15, 0.2) is 0 Å². The molecule has 1 rings (SSSR count). The van der Waals surface area contributed by atoms with Crippen molar-refractivity contribution >= 4 is 28.5 Å². The van der Waals surface area contributed by atoms with Gasteiger partial charge in [-0.25, -0.2) is 4.98 Å². The molecule has 4 nitrogen and oxygen atoms in total. The second kappa shape index (κ2) is 3.09. The van der Waals surface area contributed by atoms with Crippen LogP contribution in [0.4, 0.5) is 5.95 Å². The van der Waals surface area contributed by atoms with Crippen LogP contribution in [0.2, 0.25) is 0 Å². The van der Waals surface area contributed by atoms with Crippen molar-refractivity contribution in [3.8, 4) is 0 Å². The first-order valence-electron chi connectivity index (χ1n) is 2.75. The summed E-state index contributed by atoms with van der Waals surface area (Å²) in [4.78, 5) is 11.8. The lowest BCUT2D eigenvalue weighted by molar-refractivity contribution is 0.930. The molecule has 0 atom stereocenters. The topological polar surface area (TPSA) is 64.7 Å². The monoisotopic (exact) mass is 250 g/mol. The van der Waals surface area contributed by atoms with Crippen molar-refractivity contribution in [2.24, 2.45) is 0 Å². The second-order valence-electron chi connectivity index (χ2n) is 1.79. The largest absolute Gasteiger partial charge is 0.368 e. The van der Waals surface area contributed by atoms with Gasteiger partial charge in [0.15, 0.2) is 0 Å². The third-order valence-corrected chi connectivity index (χ3v) is 1.61. The number of hydrogen-bond donors (Lipinski definition) is 1. The number of halogens is 1. The summed E-state index contributed by atoms with van der Waals surface area (Å²) < 4.78 is 0.769. The quantitative estimate of drug-likeness (QED) is 0.588. The Labute approximate surface area is 72.4 Å². The zero-order valence-corrected chi connectivity index (χ0v) is 7.66. The zero-order valence-electron chi connectivity index (χ0n) is 5.50.